The van der Waals surface area contributed by atoms with Crippen LogP contribution in [0, 0.1) is 0 Å². The molecule has 0 heterocycles. The molecule has 0 bridgehead atoms. The van der Waals surface area contributed by atoms with Crippen molar-refractivity contribution in [3.8, 4) is 11.5 Å². The van der Waals surface area contributed by atoms with Gasteiger partial charge in [0.1, 0.15) is 0 Å². The Morgan fingerprint density at radius 1 is 1.24 bits per heavy atom. The van der Waals surface area contributed by atoms with E-state index in [4.69, 9.17) is 15.2 Å². The zero-order valence-electron chi connectivity index (χ0n) is 12.0. The first kappa shape index (κ1) is 19.0. The van der Waals surface area contributed by atoms with Crippen molar-refractivity contribution in [1.82, 2.24) is 5.32 Å². The van der Waals surface area contributed by atoms with E-state index >= 15 is 0 Å². The summed E-state index contributed by atoms with van der Waals surface area (Å²) in [6.07, 6.45) is 0. The predicted molar refractivity (Wildman–Crippen MR) is 82.1 cm³/mol. The van der Waals surface area contributed by atoms with Crippen molar-refractivity contribution in [2.45, 2.75) is 6.92 Å². The van der Waals surface area contributed by atoms with Crippen LogP contribution >= 0.6 is 12.4 Å². The number of halogens is 1. The Hall–Kier alpha value is -1.99. The first-order valence-corrected chi connectivity index (χ1v) is 6.18. The average Bonchev–Trinajstić information content (AvgIpc) is 2.45. The molecule has 1 rings (SSSR count). The molecule has 0 saturated carbocycles. The van der Waals surface area contributed by atoms with Gasteiger partial charge in [0.25, 0.3) is 0 Å². The van der Waals surface area contributed by atoms with Crippen molar-refractivity contribution < 1.29 is 19.1 Å². The number of methoxy groups -OCH3 is 1. The van der Waals surface area contributed by atoms with Crippen LogP contribution in [0.2, 0.25) is 0 Å². The molecule has 0 aliphatic rings. The molecule has 8 heteroatoms. The van der Waals surface area contributed by atoms with Crippen LogP contribution in [0.5, 0.6) is 11.5 Å². The van der Waals surface area contributed by atoms with E-state index in [-0.39, 0.29) is 37.3 Å². The number of nitrogens with one attached hydrogen (secondary N) is 2. The molecule has 0 spiro atoms. The Kier molecular flexibility index (Phi) is 8.91. The fraction of sp³-hybridized carbons (Fsp3) is 0.385. The van der Waals surface area contributed by atoms with Gasteiger partial charge in [-0.05, 0) is 19.1 Å². The van der Waals surface area contributed by atoms with Gasteiger partial charge >= 0.3 is 0 Å². The van der Waals surface area contributed by atoms with Gasteiger partial charge < -0.3 is 25.8 Å². The number of ether oxygens (including phenoxy) is 2. The summed E-state index contributed by atoms with van der Waals surface area (Å²) in [6.45, 7) is 2.06. The van der Waals surface area contributed by atoms with Crippen LogP contribution in [0.25, 0.3) is 0 Å². The number of anilines is 1. The Balaban J connectivity index is 0.00000400. The molecule has 0 fully saturated rings. The minimum absolute atomic E-state index is 0. The summed E-state index contributed by atoms with van der Waals surface area (Å²) in [7, 11) is 1.54. The van der Waals surface area contributed by atoms with Gasteiger partial charge in [0, 0.05) is 11.8 Å². The second kappa shape index (κ2) is 9.84. The van der Waals surface area contributed by atoms with Crippen molar-refractivity contribution in [3.63, 3.8) is 0 Å². The maximum atomic E-state index is 11.6. The van der Waals surface area contributed by atoms with Gasteiger partial charge in [-0.3, -0.25) is 9.59 Å². The molecule has 118 valence electrons. The summed E-state index contributed by atoms with van der Waals surface area (Å²) >= 11 is 0. The lowest BCUT2D eigenvalue weighted by Gasteiger charge is -2.12. The van der Waals surface area contributed by atoms with Crippen LogP contribution in [-0.4, -0.2) is 38.6 Å². The minimum atomic E-state index is -0.384. The van der Waals surface area contributed by atoms with E-state index in [0.717, 1.165) is 0 Å². The van der Waals surface area contributed by atoms with Crippen LogP contribution in [-0.2, 0) is 9.59 Å². The molecule has 0 aromatic heterocycles. The number of hydrogen-bond acceptors (Lipinski definition) is 5. The topological polar surface area (TPSA) is 103 Å². The van der Waals surface area contributed by atoms with Crippen molar-refractivity contribution in [1.29, 1.82) is 0 Å². The van der Waals surface area contributed by atoms with Crippen LogP contribution in [0.1, 0.15) is 6.92 Å². The third kappa shape index (κ3) is 6.33. The van der Waals surface area contributed by atoms with Crippen LogP contribution in [0.15, 0.2) is 18.2 Å². The fourth-order valence-electron chi connectivity index (χ4n) is 1.48. The molecule has 7 nitrogen and oxygen atoms in total. The smallest absolute Gasteiger partial charge is 0.243 e. The molecule has 1 aromatic rings. The molecule has 0 unspecified atom stereocenters. The Morgan fingerprint density at radius 2 is 1.95 bits per heavy atom. The molecule has 2 amide bonds. The highest BCUT2D eigenvalue weighted by atomic mass is 35.5. The average molecular weight is 318 g/mol. The number of hydrogen-bond donors (Lipinski definition) is 3. The molecular weight excluding hydrogens is 298 g/mol. The SMILES string of the molecule is CCOc1cc(NC(=O)CNC(=O)CN)ccc1OC.Cl. The monoisotopic (exact) mass is 317 g/mol. The van der Waals surface area contributed by atoms with Gasteiger partial charge in [-0.2, -0.15) is 0 Å². The summed E-state index contributed by atoms with van der Waals surface area (Å²) in [4.78, 5) is 22.6. The van der Waals surface area contributed by atoms with Crippen molar-refractivity contribution in [3.05, 3.63) is 18.2 Å². The molecule has 0 aliphatic heterocycles. The van der Waals surface area contributed by atoms with Crippen LogP contribution < -0.4 is 25.8 Å². The minimum Gasteiger partial charge on any atom is -0.493 e. The van der Waals surface area contributed by atoms with Crippen LogP contribution in [0.4, 0.5) is 5.69 Å². The number of carbonyl (C=O) groups excluding carboxylic acids is 2. The molecular formula is C13H20ClN3O4. The second-order valence-electron chi connectivity index (χ2n) is 3.83. The molecule has 0 radical (unpaired) electrons. The highest BCUT2D eigenvalue weighted by molar-refractivity contribution is 5.95. The lowest BCUT2D eigenvalue weighted by atomic mass is 10.2. The first-order valence-electron chi connectivity index (χ1n) is 6.18. The molecule has 1 aromatic carbocycles. The highest BCUT2D eigenvalue weighted by Crippen LogP contribution is 2.30. The molecule has 0 saturated heterocycles. The van der Waals surface area contributed by atoms with Crippen molar-refractivity contribution >= 4 is 29.9 Å². The molecule has 0 aliphatic carbocycles. The zero-order chi connectivity index (χ0) is 15.0. The van der Waals surface area contributed by atoms with Gasteiger partial charge in [-0.1, -0.05) is 0 Å². The summed E-state index contributed by atoms with van der Waals surface area (Å²) in [5.74, 6) is 0.393. The van der Waals surface area contributed by atoms with Crippen molar-refractivity contribution in [2.75, 3.05) is 32.1 Å². The van der Waals surface area contributed by atoms with Crippen molar-refractivity contribution in [2.24, 2.45) is 5.73 Å². The molecule has 4 N–H and O–H groups in total. The number of benzene rings is 1. The lowest BCUT2D eigenvalue weighted by Crippen LogP contribution is -2.36. The van der Waals surface area contributed by atoms with E-state index in [2.05, 4.69) is 10.6 Å². The predicted octanol–water partition coefficient (Wildman–Crippen LogP) is 0.529. The number of amides is 2. The van der Waals surface area contributed by atoms with Gasteiger partial charge in [0.15, 0.2) is 11.5 Å². The van der Waals surface area contributed by atoms with Gasteiger partial charge in [-0.15, -0.1) is 12.4 Å². The second-order valence-corrected chi connectivity index (χ2v) is 3.83. The number of nitrogens with two attached hydrogens (primary N) is 1. The van der Waals surface area contributed by atoms with Gasteiger partial charge in [-0.25, -0.2) is 0 Å². The molecule has 21 heavy (non-hydrogen) atoms. The summed E-state index contributed by atoms with van der Waals surface area (Å²) in [5.41, 5.74) is 5.68. The fourth-order valence-corrected chi connectivity index (χ4v) is 1.48. The van der Waals surface area contributed by atoms with E-state index in [1.807, 2.05) is 6.92 Å². The lowest BCUT2D eigenvalue weighted by molar-refractivity contribution is -0.123. The van der Waals surface area contributed by atoms with Crippen LogP contribution in [0.3, 0.4) is 0 Å². The maximum absolute atomic E-state index is 11.6. The third-order valence-corrected chi connectivity index (χ3v) is 2.38. The number of rotatable bonds is 7. The van der Waals surface area contributed by atoms with E-state index in [1.165, 1.54) is 0 Å². The first-order chi connectivity index (χ1) is 9.60. The third-order valence-electron chi connectivity index (χ3n) is 2.38. The summed E-state index contributed by atoms with van der Waals surface area (Å²) in [5, 5.41) is 5.02. The van der Waals surface area contributed by atoms with E-state index in [1.54, 1.807) is 25.3 Å². The Morgan fingerprint density at radius 3 is 2.52 bits per heavy atom. The van der Waals surface area contributed by atoms with E-state index in [9.17, 15) is 9.59 Å². The zero-order valence-corrected chi connectivity index (χ0v) is 12.8. The standard InChI is InChI=1S/C13H19N3O4.ClH/c1-3-20-11-6-9(4-5-10(11)19-2)16-13(18)8-15-12(17)7-14;/h4-6H,3,7-8,14H2,1-2H3,(H,15,17)(H,16,18);1H. The van der Waals surface area contributed by atoms with E-state index < -0.39 is 0 Å². The maximum Gasteiger partial charge on any atom is 0.243 e. The summed E-state index contributed by atoms with van der Waals surface area (Å²) < 4.78 is 10.5. The summed E-state index contributed by atoms with van der Waals surface area (Å²) in [6, 6.07) is 5.04. The normalized spacial score (nSPS) is 9.29. The Labute approximate surface area is 129 Å². The largest absolute Gasteiger partial charge is 0.493 e. The van der Waals surface area contributed by atoms with Gasteiger partial charge in [0.05, 0.1) is 26.8 Å². The molecule has 0 atom stereocenters. The quantitative estimate of drug-likeness (QED) is 0.680. The van der Waals surface area contributed by atoms with Gasteiger partial charge in [0.2, 0.25) is 11.8 Å². The highest BCUT2D eigenvalue weighted by Gasteiger charge is 2.08. The Bertz CT molecular complexity index is 482. The number of carbonyl (C=O) groups is 2. The van der Waals surface area contributed by atoms with E-state index in [0.29, 0.717) is 23.8 Å².